The van der Waals surface area contributed by atoms with Crippen LogP contribution in [0.1, 0.15) is 37.0 Å². The fraction of sp³-hybridized carbons (Fsp3) is 0.438. The van der Waals surface area contributed by atoms with Crippen molar-refractivity contribution in [2.24, 2.45) is 0 Å². The minimum atomic E-state index is -1.09. The Morgan fingerprint density at radius 3 is 2.52 bits per heavy atom. The van der Waals surface area contributed by atoms with Gasteiger partial charge < -0.3 is 20.5 Å². The van der Waals surface area contributed by atoms with Gasteiger partial charge in [-0.05, 0) is 25.5 Å². The molecule has 126 valence electrons. The molecule has 1 atom stereocenters. The molecule has 23 heavy (non-hydrogen) atoms. The molecule has 0 aliphatic carbocycles. The zero-order chi connectivity index (χ0) is 17.2. The Hall–Kier alpha value is -2.57. The highest BCUT2D eigenvalue weighted by molar-refractivity contribution is 5.99. The lowest BCUT2D eigenvalue weighted by Gasteiger charge is -2.14. The molecule has 0 spiro atoms. The van der Waals surface area contributed by atoms with Gasteiger partial charge in [0.15, 0.2) is 0 Å². The number of carboxylic acid groups (broad SMARTS) is 1. The van der Waals surface area contributed by atoms with Gasteiger partial charge in [-0.1, -0.05) is 25.5 Å². The van der Waals surface area contributed by atoms with Crippen LogP contribution in [0.5, 0.6) is 5.75 Å². The molecule has 1 unspecified atom stereocenters. The van der Waals surface area contributed by atoms with Crippen molar-refractivity contribution in [1.82, 2.24) is 10.6 Å². The number of benzene rings is 1. The summed E-state index contributed by atoms with van der Waals surface area (Å²) in [6.45, 7) is 3.76. The van der Waals surface area contributed by atoms with Crippen LogP contribution in [-0.2, 0) is 9.59 Å². The normalized spacial score (nSPS) is 11.4. The Labute approximate surface area is 135 Å². The number of hydrogen-bond donors (Lipinski definition) is 3. The molecule has 2 amide bonds. The molecule has 1 aromatic carbocycles. The van der Waals surface area contributed by atoms with E-state index in [1.54, 1.807) is 24.3 Å². The molecule has 1 rings (SSSR count). The first-order valence-corrected chi connectivity index (χ1v) is 7.51. The molecule has 7 heteroatoms. The van der Waals surface area contributed by atoms with Crippen LogP contribution >= 0.6 is 0 Å². The maximum Gasteiger partial charge on any atom is 0.326 e. The minimum absolute atomic E-state index is 0.299. The maximum atomic E-state index is 12.1. The first-order chi connectivity index (χ1) is 11.0. The van der Waals surface area contributed by atoms with Crippen LogP contribution in [0.4, 0.5) is 0 Å². The van der Waals surface area contributed by atoms with Gasteiger partial charge in [0.05, 0.1) is 18.7 Å². The highest BCUT2D eigenvalue weighted by Crippen LogP contribution is 2.17. The van der Waals surface area contributed by atoms with Gasteiger partial charge in [0.25, 0.3) is 5.91 Å². The Kier molecular flexibility index (Phi) is 7.59. The van der Waals surface area contributed by atoms with Gasteiger partial charge in [0.1, 0.15) is 11.8 Å². The lowest BCUT2D eigenvalue weighted by atomic mass is 10.1. The molecule has 7 nitrogen and oxygen atoms in total. The van der Waals surface area contributed by atoms with Crippen LogP contribution in [0.15, 0.2) is 24.3 Å². The second-order valence-electron chi connectivity index (χ2n) is 4.86. The van der Waals surface area contributed by atoms with Crippen molar-refractivity contribution in [3.05, 3.63) is 29.8 Å². The summed E-state index contributed by atoms with van der Waals surface area (Å²) >= 11 is 0. The number of ether oxygens (including phenoxy) is 1. The first-order valence-electron chi connectivity index (χ1n) is 7.51. The van der Waals surface area contributed by atoms with Crippen LogP contribution in [0.3, 0.4) is 0 Å². The van der Waals surface area contributed by atoms with E-state index in [2.05, 4.69) is 10.6 Å². The maximum absolute atomic E-state index is 12.1. The summed E-state index contributed by atoms with van der Waals surface area (Å²) in [5.41, 5.74) is 0.325. The van der Waals surface area contributed by atoms with Crippen molar-refractivity contribution in [3.8, 4) is 5.75 Å². The second kappa shape index (κ2) is 9.45. The number of carboxylic acids is 1. The number of amides is 2. The summed E-state index contributed by atoms with van der Waals surface area (Å²) in [6.07, 6.45) is 0.966. The zero-order valence-electron chi connectivity index (χ0n) is 13.3. The Balaban J connectivity index is 2.59. The smallest absolute Gasteiger partial charge is 0.326 e. The van der Waals surface area contributed by atoms with E-state index in [-0.39, 0.29) is 6.54 Å². The number of aliphatic carboxylic acids is 1. The molecular weight excluding hydrogens is 300 g/mol. The van der Waals surface area contributed by atoms with E-state index in [9.17, 15) is 14.4 Å². The first kappa shape index (κ1) is 18.5. The topological polar surface area (TPSA) is 105 Å². The number of hydrogen-bond acceptors (Lipinski definition) is 4. The Bertz CT molecular complexity index is 559. The van der Waals surface area contributed by atoms with Crippen LogP contribution in [0, 0.1) is 0 Å². The van der Waals surface area contributed by atoms with Gasteiger partial charge in [-0.3, -0.25) is 9.59 Å². The molecule has 1 aromatic rings. The molecule has 0 bridgehead atoms. The summed E-state index contributed by atoms with van der Waals surface area (Å²) in [5, 5.41) is 13.8. The van der Waals surface area contributed by atoms with Crippen molar-refractivity contribution in [1.29, 1.82) is 0 Å². The molecule has 0 aromatic heterocycles. The van der Waals surface area contributed by atoms with Gasteiger partial charge in [-0.25, -0.2) is 4.79 Å². The average Bonchev–Trinajstić information content (AvgIpc) is 2.53. The van der Waals surface area contributed by atoms with E-state index in [1.807, 2.05) is 13.8 Å². The molecule has 3 N–H and O–H groups in total. The van der Waals surface area contributed by atoms with Crippen molar-refractivity contribution >= 4 is 17.8 Å². The fourth-order valence-corrected chi connectivity index (χ4v) is 1.98. The van der Waals surface area contributed by atoms with E-state index in [0.717, 1.165) is 0 Å². The number of rotatable bonds is 9. The molecule has 0 radical (unpaired) electrons. The highest BCUT2D eigenvalue weighted by atomic mass is 16.5. The van der Waals surface area contributed by atoms with Gasteiger partial charge in [-0.2, -0.15) is 0 Å². The fourth-order valence-electron chi connectivity index (χ4n) is 1.98. The zero-order valence-corrected chi connectivity index (χ0v) is 13.3. The summed E-state index contributed by atoms with van der Waals surface area (Å²) < 4.78 is 5.35. The molecule has 0 saturated carbocycles. The van der Waals surface area contributed by atoms with Crippen LogP contribution in [0.2, 0.25) is 0 Å². The second-order valence-corrected chi connectivity index (χ2v) is 4.86. The molecule has 0 fully saturated rings. The molecule has 0 saturated heterocycles. The van der Waals surface area contributed by atoms with E-state index >= 15 is 0 Å². The van der Waals surface area contributed by atoms with Crippen molar-refractivity contribution in [2.75, 3.05) is 13.2 Å². The van der Waals surface area contributed by atoms with Gasteiger partial charge >= 0.3 is 5.97 Å². The summed E-state index contributed by atoms with van der Waals surface area (Å²) in [4.78, 5) is 34.8. The number of nitrogens with one attached hydrogen (secondary N) is 2. The third kappa shape index (κ3) is 5.98. The van der Waals surface area contributed by atoms with Crippen LogP contribution < -0.4 is 15.4 Å². The third-order valence-electron chi connectivity index (χ3n) is 3.05. The lowest BCUT2D eigenvalue weighted by molar-refractivity contribution is -0.141. The summed E-state index contributed by atoms with van der Waals surface area (Å²) in [6, 6.07) is 5.76. The molecular formula is C16H22N2O5. The third-order valence-corrected chi connectivity index (χ3v) is 3.05. The lowest BCUT2D eigenvalue weighted by Crippen LogP contribution is -2.45. The Morgan fingerprint density at radius 2 is 1.91 bits per heavy atom. The minimum Gasteiger partial charge on any atom is -0.493 e. The predicted octanol–water partition coefficient (Wildman–Crippen LogP) is 1.18. The van der Waals surface area contributed by atoms with Crippen molar-refractivity contribution in [3.63, 3.8) is 0 Å². The highest BCUT2D eigenvalue weighted by Gasteiger charge is 2.19. The quantitative estimate of drug-likeness (QED) is 0.633. The number of carbonyl (C=O) groups is 3. The van der Waals surface area contributed by atoms with Crippen LogP contribution in [-0.4, -0.2) is 42.1 Å². The molecule has 0 aliphatic rings. The SMILES string of the molecule is CCCC(NC(=O)CNC(=O)c1ccccc1OCC)C(=O)O. The van der Waals surface area contributed by atoms with E-state index in [0.29, 0.717) is 30.8 Å². The van der Waals surface area contributed by atoms with E-state index < -0.39 is 23.8 Å². The monoisotopic (exact) mass is 322 g/mol. The largest absolute Gasteiger partial charge is 0.493 e. The van der Waals surface area contributed by atoms with Crippen molar-refractivity contribution in [2.45, 2.75) is 32.7 Å². The van der Waals surface area contributed by atoms with E-state index in [4.69, 9.17) is 9.84 Å². The summed E-state index contributed by atoms with van der Waals surface area (Å²) in [7, 11) is 0. The van der Waals surface area contributed by atoms with Crippen LogP contribution in [0.25, 0.3) is 0 Å². The molecule has 0 aliphatic heterocycles. The number of para-hydroxylation sites is 1. The van der Waals surface area contributed by atoms with Gasteiger partial charge in [0, 0.05) is 0 Å². The molecule has 0 heterocycles. The van der Waals surface area contributed by atoms with E-state index in [1.165, 1.54) is 0 Å². The standard InChI is InChI=1S/C16H22N2O5/c1-3-7-12(16(21)22)18-14(19)10-17-15(20)11-8-5-6-9-13(11)23-4-2/h5-6,8-9,12H,3-4,7,10H2,1-2H3,(H,17,20)(H,18,19)(H,21,22). The predicted molar refractivity (Wildman–Crippen MR) is 84.4 cm³/mol. The van der Waals surface area contributed by atoms with Gasteiger partial charge in [-0.15, -0.1) is 0 Å². The van der Waals surface area contributed by atoms with Gasteiger partial charge in [0.2, 0.25) is 5.91 Å². The summed E-state index contributed by atoms with van der Waals surface area (Å²) in [5.74, 6) is -1.66. The average molecular weight is 322 g/mol. The Morgan fingerprint density at radius 1 is 1.22 bits per heavy atom. The van der Waals surface area contributed by atoms with Crippen molar-refractivity contribution < 1.29 is 24.2 Å². The number of carbonyl (C=O) groups excluding carboxylic acids is 2.